The third-order valence-corrected chi connectivity index (χ3v) is 2.99. The van der Waals surface area contributed by atoms with E-state index in [0.717, 1.165) is 22.2 Å². The van der Waals surface area contributed by atoms with Crippen molar-refractivity contribution in [1.82, 2.24) is 15.1 Å². The van der Waals surface area contributed by atoms with Crippen LogP contribution in [0.3, 0.4) is 0 Å². The summed E-state index contributed by atoms with van der Waals surface area (Å²) in [7, 11) is 1.65. The lowest BCUT2D eigenvalue weighted by molar-refractivity contribution is 0.394. The summed E-state index contributed by atoms with van der Waals surface area (Å²) in [6.45, 7) is 3.72. The second-order valence-corrected chi connectivity index (χ2v) is 4.32. The normalized spacial score (nSPS) is 10.9. The molecule has 96 valence electrons. The molecule has 0 fully saturated rings. The molecule has 0 aliphatic heterocycles. The highest BCUT2D eigenvalue weighted by molar-refractivity contribution is 5.88. The summed E-state index contributed by atoms with van der Waals surface area (Å²) < 4.78 is 10.2. The van der Waals surface area contributed by atoms with E-state index in [0.29, 0.717) is 17.4 Å². The summed E-state index contributed by atoms with van der Waals surface area (Å²) in [5, 5.41) is 6.03. The molecule has 2 heterocycles. The molecule has 0 saturated carbocycles. The summed E-state index contributed by atoms with van der Waals surface area (Å²) >= 11 is 0. The van der Waals surface area contributed by atoms with E-state index in [1.807, 2.05) is 31.2 Å². The SMILES string of the molecule is COc1ccc2c(C)nc(-c3noc(C)n3)cc2c1. The molecular formula is C14H13N3O2. The molecule has 0 amide bonds. The van der Waals surface area contributed by atoms with Crippen molar-refractivity contribution in [2.45, 2.75) is 13.8 Å². The number of rotatable bonds is 2. The second kappa shape index (κ2) is 4.35. The first-order chi connectivity index (χ1) is 9.17. The highest BCUT2D eigenvalue weighted by Crippen LogP contribution is 2.26. The number of aromatic nitrogens is 3. The Kier molecular flexibility index (Phi) is 2.67. The number of benzene rings is 1. The number of nitrogens with zero attached hydrogens (tertiary/aromatic N) is 3. The molecule has 2 aromatic heterocycles. The van der Waals surface area contributed by atoms with E-state index in [1.54, 1.807) is 14.0 Å². The van der Waals surface area contributed by atoms with Crippen molar-refractivity contribution in [3.8, 4) is 17.3 Å². The molecule has 5 heteroatoms. The number of methoxy groups -OCH3 is 1. The average Bonchev–Trinajstić information content (AvgIpc) is 2.84. The Balaban J connectivity index is 2.22. The molecule has 0 spiro atoms. The maximum absolute atomic E-state index is 5.24. The molecule has 0 aliphatic carbocycles. The average molecular weight is 255 g/mol. The third kappa shape index (κ3) is 2.03. The monoisotopic (exact) mass is 255 g/mol. The van der Waals surface area contributed by atoms with Crippen molar-refractivity contribution in [2.24, 2.45) is 0 Å². The molecule has 0 bridgehead atoms. The Morgan fingerprint density at radius 2 is 1.95 bits per heavy atom. The molecular weight excluding hydrogens is 242 g/mol. The summed E-state index contributed by atoms with van der Waals surface area (Å²) in [6.07, 6.45) is 0. The summed E-state index contributed by atoms with van der Waals surface area (Å²) in [5.74, 6) is 1.85. The Morgan fingerprint density at radius 1 is 1.11 bits per heavy atom. The van der Waals surface area contributed by atoms with Gasteiger partial charge in [-0.05, 0) is 36.6 Å². The van der Waals surface area contributed by atoms with Crippen LogP contribution in [0.4, 0.5) is 0 Å². The summed E-state index contributed by atoms with van der Waals surface area (Å²) in [6, 6.07) is 7.84. The van der Waals surface area contributed by atoms with Crippen LogP contribution in [-0.4, -0.2) is 22.2 Å². The number of pyridine rings is 1. The van der Waals surface area contributed by atoms with Gasteiger partial charge in [-0.15, -0.1) is 0 Å². The predicted molar refractivity (Wildman–Crippen MR) is 71.1 cm³/mol. The largest absolute Gasteiger partial charge is 0.497 e. The van der Waals surface area contributed by atoms with E-state index in [9.17, 15) is 0 Å². The number of fused-ring (bicyclic) bond motifs is 1. The molecule has 5 nitrogen and oxygen atoms in total. The highest BCUT2D eigenvalue weighted by atomic mass is 16.5. The van der Waals surface area contributed by atoms with E-state index >= 15 is 0 Å². The van der Waals surface area contributed by atoms with Crippen molar-refractivity contribution in [3.63, 3.8) is 0 Å². The van der Waals surface area contributed by atoms with Crippen LogP contribution in [0.1, 0.15) is 11.6 Å². The maximum Gasteiger partial charge on any atom is 0.223 e. The van der Waals surface area contributed by atoms with Crippen LogP contribution in [0, 0.1) is 13.8 Å². The third-order valence-electron chi connectivity index (χ3n) is 2.99. The van der Waals surface area contributed by atoms with E-state index in [-0.39, 0.29) is 0 Å². The van der Waals surface area contributed by atoms with Gasteiger partial charge in [-0.3, -0.25) is 0 Å². The highest BCUT2D eigenvalue weighted by Gasteiger charge is 2.10. The molecule has 0 radical (unpaired) electrons. The minimum absolute atomic E-state index is 0.505. The predicted octanol–water partition coefficient (Wildman–Crippen LogP) is 2.91. The quantitative estimate of drug-likeness (QED) is 0.704. The first kappa shape index (κ1) is 11.6. The molecule has 0 atom stereocenters. The number of hydrogen-bond donors (Lipinski definition) is 0. The Labute approximate surface area is 110 Å². The molecule has 0 N–H and O–H groups in total. The zero-order valence-electron chi connectivity index (χ0n) is 11.0. The van der Waals surface area contributed by atoms with E-state index < -0.39 is 0 Å². The van der Waals surface area contributed by atoms with Crippen LogP contribution in [0.25, 0.3) is 22.3 Å². The fourth-order valence-electron chi connectivity index (χ4n) is 2.06. The first-order valence-corrected chi connectivity index (χ1v) is 5.93. The van der Waals surface area contributed by atoms with E-state index in [1.165, 1.54) is 0 Å². The van der Waals surface area contributed by atoms with Gasteiger partial charge in [0, 0.05) is 18.0 Å². The van der Waals surface area contributed by atoms with Gasteiger partial charge in [0.1, 0.15) is 11.4 Å². The van der Waals surface area contributed by atoms with Gasteiger partial charge in [0.25, 0.3) is 0 Å². The number of aryl methyl sites for hydroxylation is 2. The van der Waals surface area contributed by atoms with Gasteiger partial charge in [-0.2, -0.15) is 4.98 Å². The number of hydrogen-bond acceptors (Lipinski definition) is 5. The van der Waals surface area contributed by atoms with Crippen molar-refractivity contribution < 1.29 is 9.26 Å². The summed E-state index contributed by atoms with van der Waals surface area (Å²) in [5.41, 5.74) is 1.63. The van der Waals surface area contributed by atoms with Crippen LogP contribution < -0.4 is 4.74 Å². The van der Waals surface area contributed by atoms with Gasteiger partial charge >= 0.3 is 0 Å². The Hall–Kier alpha value is -2.43. The molecule has 0 saturated heterocycles. The lowest BCUT2D eigenvalue weighted by Gasteiger charge is -2.06. The van der Waals surface area contributed by atoms with Crippen molar-refractivity contribution in [3.05, 3.63) is 35.9 Å². The van der Waals surface area contributed by atoms with E-state index in [2.05, 4.69) is 15.1 Å². The molecule has 0 unspecified atom stereocenters. The van der Waals surface area contributed by atoms with Crippen LogP contribution in [0.2, 0.25) is 0 Å². The maximum atomic E-state index is 5.24. The fourth-order valence-corrected chi connectivity index (χ4v) is 2.06. The van der Waals surface area contributed by atoms with Crippen LogP contribution in [0.5, 0.6) is 5.75 Å². The smallest absolute Gasteiger partial charge is 0.223 e. The van der Waals surface area contributed by atoms with Gasteiger partial charge in [-0.25, -0.2) is 4.98 Å². The first-order valence-electron chi connectivity index (χ1n) is 5.93. The van der Waals surface area contributed by atoms with E-state index in [4.69, 9.17) is 9.26 Å². The van der Waals surface area contributed by atoms with Crippen molar-refractivity contribution >= 4 is 10.8 Å². The lowest BCUT2D eigenvalue weighted by atomic mass is 10.1. The van der Waals surface area contributed by atoms with Gasteiger partial charge in [-0.1, -0.05) is 5.16 Å². The van der Waals surface area contributed by atoms with Crippen molar-refractivity contribution in [2.75, 3.05) is 7.11 Å². The van der Waals surface area contributed by atoms with Gasteiger partial charge in [0.2, 0.25) is 11.7 Å². The summed E-state index contributed by atoms with van der Waals surface area (Å²) in [4.78, 5) is 8.71. The zero-order valence-corrected chi connectivity index (χ0v) is 11.0. The van der Waals surface area contributed by atoms with Gasteiger partial charge in [0.15, 0.2) is 0 Å². The standard InChI is InChI=1S/C14H13N3O2/c1-8-12-5-4-11(18-3)6-10(12)7-13(15-8)14-16-9(2)19-17-14/h4-7H,1-3H3. The topological polar surface area (TPSA) is 61.0 Å². The molecule has 0 aliphatic rings. The lowest BCUT2D eigenvalue weighted by Crippen LogP contribution is -1.92. The minimum atomic E-state index is 0.505. The van der Waals surface area contributed by atoms with Crippen molar-refractivity contribution in [1.29, 1.82) is 0 Å². The van der Waals surface area contributed by atoms with Crippen LogP contribution in [-0.2, 0) is 0 Å². The number of ether oxygens (including phenoxy) is 1. The second-order valence-electron chi connectivity index (χ2n) is 4.32. The van der Waals surface area contributed by atoms with Gasteiger partial charge < -0.3 is 9.26 Å². The molecule has 3 aromatic rings. The fraction of sp³-hybridized carbons (Fsp3) is 0.214. The Bertz CT molecular complexity index is 750. The van der Waals surface area contributed by atoms with Crippen LogP contribution >= 0.6 is 0 Å². The van der Waals surface area contributed by atoms with Crippen LogP contribution in [0.15, 0.2) is 28.8 Å². The molecule has 19 heavy (non-hydrogen) atoms. The Morgan fingerprint density at radius 3 is 2.63 bits per heavy atom. The molecule has 1 aromatic carbocycles. The minimum Gasteiger partial charge on any atom is -0.497 e. The van der Waals surface area contributed by atoms with Gasteiger partial charge in [0.05, 0.1) is 7.11 Å². The zero-order chi connectivity index (χ0) is 13.4. The molecule has 3 rings (SSSR count).